The molecule has 2 aliphatic heterocycles. The van der Waals surface area contributed by atoms with E-state index < -0.39 is 0 Å². The Hall–Kier alpha value is -1.56. The minimum atomic E-state index is 0.175. The number of aryl methyl sites for hydroxylation is 1. The molecule has 3 rings (SSSR count). The zero-order chi connectivity index (χ0) is 15.5. The molecule has 1 saturated heterocycles. The lowest BCUT2D eigenvalue weighted by Gasteiger charge is -2.35. The average Bonchev–Trinajstić information content (AvgIpc) is 3.20. The molecule has 122 valence electrons. The maximum Gasteiger partial charge on any atom is 0.320 e. The topological polar surface area (TPSA) is 50.6 Å². The molecule has 1 fully saturated rings. The first-order valence-electron chi connectivity index (χ1n) is 8.40. The summed E-state index contributed by atoms with van der Waals surface area (Å²) in [5.41, 5.74) is 2.42. The first-order valence-corrected chi connectivity index (χ1v) is 8.40. The molecule has 6 heteroatoms. The standard InChI is InChI=1S/C16H26N4O2/c1-3-20-15-13(9-17-20)10-19(11-14(15)12-22-4-2)16(21)18-7-5-6-8-18/h9,14H,3-8,10-12H2,1-2H3/t14-/m0/s1. The van der Waals surface area contributed by atoms with Crippen LogP contribution in [0.1, 0.15) is 43.9 Å². The molecule has 2 aliphatic rings. The van der Waals surface area contributed by atoms with Crippen molar-refractivity contribution in [3.63, 3.8) is 0 Å². The summed E-state index contributed by atoms with van der Waals surface area (Å²) in [7, 11) is 0. The van der Waals surface area contributed by atoms with Gasteiger partial charge in [0.25, 0.3) is 0 Å². The Morgan fingerprint density at radius 1 is 1.32 bits per heavy atom. The van der Waals surface area contributed by atoms with E-state index in [0.29, 0.717) is 19.8 Å². The van der Waals surface area contributed by atoms with Crippen LogP contribution in [-0.2, 0) is 17.8 Å². The van der Waals surface area contributed by atoms with E-state index in [1.807, 2.05) is 22.9 Å². The second-order valence-corrected chi connectivity index (χ2v) is 6.08. The quantitative estimate of drug-likeness (QED) is 0.855. The lowest BCUT2D eigenvalue weighted by molar-refractivity contribution is 0.102. The van der Waals surface area contributed by atoms with Gasteiger partial charge < -0.3 is 14.5 Å². The number of rotatable bonds is 4. The fourth-order valence-electron chi connectivity index (χ4n) is 3.55. The van der Waals surface area contributed by atoms with Crippen LogP contribution in [0.2, 0.25) is 0 Å². The van der Waals surface area contributed by atoms with Crippen LogP contribution in [0.25, 0.3) is 0 Å². The SMILES string of the molecule is CCOC[C@@H]1CN(C(=O)N2CCCC2)Cc2cnn(CC)c21. The second-order valence-electron chi connectivity index (χ2n) is 6.08. The maximum atomic E-state index is 12.7. The number of aromatic nitrogens is 2. The fraction of sp³-hybridized carbons (Fsp3) is 0.750. The zero-order valence-electron chi connectivity index (χ0n) is 13.6. The summed E-state index contributed by atoms with van der Waals surface area (Å²) in [5, 5.41) is 4.48. The van der Waals surface area contributed by atoms with Gasteiger partial charge in [-0.3, -0.25) is 4.68 Å². The van der Waals surface area contributed by atoms with Crippen molar-refractivity contribution in [1.82, 2.24) is 19.6 Å². The number of fused-ring (bicyclic) bond motifs is 1. The molecule has 0 N–H and O–H groups in total. The number of carbonyl (C=O) groups is 1. The lowest BCUT2D eigenvalue weighted by atomic mass is 9.97. The third-order valence-corrected chi connectivity index (χ3v) is 4.62. The summed E-state index contributed by atoms with van der Waals surface area (Å²) in [6.45, 7) is 9.52. The second kappa shape index (κ2) is 6.69. The highest BCUT2D eigenvalue weighted by atomic mass is 16.5. The van der Waals surface area contributed by atoms with Crippen molar-refractivity contribution in [2.24, 2.45) is 0 Å². The lowest BCUT2D eigenvalue weighted by Crippen LogP contribution is -2.46. The first kappa shape index (κ1) is 15.3. The summed E-state index contributed by atoms with van der Waals surface area (Å²) in [4.78, 5) is 16.6. The van der Waals surface area contributed by atoms with Crippen LogP contribution in [0.5, 0.6) is 0 Å². The molecule has 22 heavy (non-hydrogen) atoms. The van der Waals surface area contributed by atoms with Gasteiger partial charge in [-0.05, 0) is 26.7 Å². The number of amides is 2. The zero-order valence-corrected chi connectivity index (χ0v) is 13.6. The Bertz CT molecular complexity index is 522. The third-order valence-electron chi connectivity index (χ3n) is 4.62. The van der Waals surface area contributed by atoms with E-state index in [9.17, 15) is 4.79 Å². The van der Waals surface area contributed by atoms with Gasteiger partial charge in [0.2, 0.25) is 0 Å². The Labute approximate surface area is 132 Å². The predicted octanol–water partition coefficient (Wildman–Crippen LogP) is 2.05. The van der Waals surface area contributed by atoms with Crippen molar-refractivity contribution in [3.8, 4) is 0 Å². The number of urea groups is 1. The normalized spacial score (nSPS) is 21.3. The van der Waals surface area contributed by atoms with Crippen LogP contribution in [0.4, 0.5) is 4.79 Å². The number of hydrogen-bond donors (Lipinski definition) is 0. The summed E-state index contributed by atoms with van der Waals surface area (Å²) < 4.78 is 7.71. The maximum absolute atomic E-state index is 12.7. The molecule has 6 nitrogen and oxygen atoms in total. The van der Waals surface area contributed by atoms with Gasteiger partial charge in [-0.2, -0.15) is 5.10 Å². The van der Waals surface area contributed by atoms with Gasteiger partial charge >= 0.3 is 6.03 Å². The van der Waals surface area contributed by atoms with E-state index >= 15 is 0 Å². The molecule has 3 heterocycles. The Morgan fingerprint density at radius 2 is 2.09 bits per heavy atom. The van der Waals surface area contributed by atoms with Crippen LogP contribution in [0.3, 0.4) is 0 Å². The smallest absolute Gasteiger partial charge is 0.320 e. The van der Waals surface area contributed by atoms with Crippen LogP contribution in [0, 0.1) is 0 Å². The van der Waals surface area contributed by atoms with E-state index in [1.165, 1.54) is 11.3 Å². The molecule has 1 aromatic rings. The number of carbonyl (C=O) groups excluding carboxylic acids is 1. The molecule has 2 amide bonds. The van der Waals surface area contributed by atoms with Crippen LogP contribution >= 0.6 is 0 Å². The number of nitrogens with zero attached hydrogens (tertiary/aromatic N) is 4. The highest BCUT2D eigenvalue weighted by Gasteiger charge is 2.33. The van der Waals surface area contributed by atoms with Gasteiger partial charge in [0.15, 0.2) is 0 Å². The van der Waals surface area contributed by atoms with Crippen molar-refractivity contribution < 1.29 is 9.53 Å². The largest absolute Gasteiger partial charge is 0.381 e. The molecular formula is C16H26N4O2. The third kappa shape index (κ3) is 2.84. The molecule has 0 aromatic carbocycles. The monoisotopic (exact) mass is 306 g/mol. The summed E-state index contributed by atoms with van der Waals surface area (Å²) in [6, 6.07) is 0.175. The van der Waals surface area contributed by atoms with E-state index in [0.717, 1.165) is 39.0 Å². The van der Waals surface area contributed by atoms with Gasteiger partial charge in [-0.25, -0.2) is 4.79 Å². The van der Waals surface area contributed by atoms with Crippen molar-refractivity contribution in [1.29, 1.82) is 0 Å². The van der Waals surface area contributed by atoms with Crippen molar-refractivity contribution in [3.05, 3.63) is 17.5 Å². The van der Waals surface area contributed by atoms with E-state index in [1.54, 1.807) is 0 Å². The van der Waals surface area contributed by atoms with Crippen molar-refractivity contribution >= 4 is 6.03 Å². The van der Waals surface area contributed by atoms with Gasteiger partial charge in [0.1, 0.15) is 0 Å². The summed E-state index contributed by atoms with van der Waals surface area (Å²) >= 11 is 0. The minimum absolute atomic E-state index is 0.175. The molecular weight excluding hydrogens is 280 g/mol. The molecule has 0 saturated carbocycles. The number of hydrogen-bond acceptors (Lipinski definition) is 3. The first-order chi connectivity index (χ1) is 10.7. The van der Waals surface area contributed by atoms with Gasteiger partial charge in [-0.15, -0.1) is 0 Å². The number of ether oxygens (including phenoxy) is 1. The Balaban J connectivity index is 1.80. The predicted molar refractivity (Wildman–Crippen MR) is 83.7 cm³/mol. The molecule has 0 aliphatic carbocycles. The van der Waals surface area contributed by atoms with Crippen LogP contribution in [0.15, 0.2) is 6.20 Å². The molecule has 0 bridgehead atoms. The molecule has 1 atom stereocenters. The van der Waals surface area contributed by atoms with Gasteiger partial charge in [-0.1, -0.05) is 0 Å². The van der Waals surface area contributed by atoms with Crippen molar-refractivity contribution in [2.75, 3.05) is 32.8 Å². The van der Waals surface area contributed by atoms with Crippen LogP contribution < -0.4 is 0 Å². The Kier molecular flexibility index (Phi) is 4.66. The molecule has 0 spiro atoms. The fourth-order valence-corrected chi connectivity index (χ4v) is 3.55. The van der Waals surface area contributed by atoms with E-state index in [-0.39, 0.29) is 11.9 Å². The molecule has 0 radical (unpaired) electrons. The molecule has 1 aromatic heterocycles. The van der Waals surface area contributed by atoms with Crippen molar-refractivity contribution in [2.45, 2.75) is 45.7 Å². The number of likely N-dealkylation sites (tertiary alicyclic amines) is 1. The van der Waals surface area contributed by atoms with Gasteiger partial charge in [0.05, 0.1) is 25.0 Å². The van der Waals surface area contributed by atoms with E-state index in [4.69, 9.17) is 4.74 Å². The summed E-state index contributed by atoms with van der Waals surface area (Å²) in [5.74, 6) is 0.220. The highest BCUT2D eigenvalue weighted by molar-refractivity contribution is 5.75. The van der Waals surface area contributed by atoms with E-state index in [2.05, 4.69) is 16.7 Å². The minimum Gasteiger partial charge on any atom is -0.381 e. The Morgan fingerprint density at radius 3 is 2.77 bits per heavy atom. The molecule has 0 unspecified atom stereocenters. The van der Waals surface area contributed by atoms with Gasteiger partial charge in [0, 0.05) is 44.3 Å². The summed E-state index contributed by atoms with van der Waals surface area (Å²) in [6.07, 6.45) is 4.17. The van der Waals surface area contributed by atoms with Crippen LogP contribution in [-0.4, -0.2) is 58.5 Å². The highest BCUT2D eigenvalue weighted by Crippen LogP contribution is 2.29. The average molecular weight is 306 g/mol.